The number of Topliss-reactive ketones (excluding diaryl/α,β-unsaturated/α-hetero) is 2. The average molecular weight is 507 g/mol. The van der Waals surface area contributed by atoms with Crippen molar-refractivity contribution in [2.24, 2.45) is 11.7 Å². The molecule has 1 heterocycles. The molecule has 0 aromatic carbocycles. The second-order valence-corrected chi connectivity index (χ2v) is 9.17. The van der Waals surface area contributed by atoms with E-state index in [1.54, 1.807) is 0 Å². The lowest BCUT2D eigenvalue weighted by Gasteiger charge is -2.45. The van der Waals surface area contributed by atoms with Crippen LogP contribution < -0.4 is 11.1 Å². The Morgan fingerprint density at radius 3 is 2.26 bits per heavy atom. The van der Waals surface area contributed by atoms with E-state index in [0.717, 1.165) is 0 Å². The number of rotatable bonds is 15. The van der Waals surface area contributed by atoms with Gasteiger partial charge in [-0.25, -0.2) is 0 Å². The molecular weight excluding hydrogens is 468 g/mol. The number of carbonyl (C=O) groups is 4. The number of hydrogen-bond donors (Lipinski definition) is 8. The van der Waals surface area contributed by atoms with Crippen LogP contribution in [0.15, 0.2) is 0 Å². The van der Waals surface area contributed by atoms with Crippen LogP contribution in [-0.2, 0) is 23.9 Å². The van der Waals surface area contributed by atoms with E-state index >= 15 is 0 Å². The molecule has 1 aliphatic rings. The van der Waals surface area contributed by atoms with E-state index in [2.05, 4.69) is 5.32 Å². The topological polar surface area (TPSA) is 237 Å². The van der Waals surface area contributed by atoms with Gasteiger partial charge in [0.25, 0.3) is 0 Å². The van der Waals surface area contributed by atoms with Gasteiger partial charge in [0, 0.05) is 12.8 Å². The molecule has 0 aromatic heterocycles. The first kappa shape index (κ1) is 31.0. The number of nitrogens with two attached hydrogens (primary N) is 1. The van der Waals surface area contributed by atoms with Crippen LogP contribution in [0.4, 0.5) is 0 Å². The Morgan fingerprint density at radius 2 is 1.69 bits per heavy atom. The molecule has 0 bridgehead atoms. The maximum Gasteiger partial charge on any atom is 0.306 e. The Hall–Kier alpha value is -2.00. The largest absolute Gasteiger partial charge is 0.481 e. The molecule has 1 amide bonds. The maximum absolute atomic E-state index is 12.2. The lowest BCUT2D eigenvalue weighted by molar-refractivity contribution is -0.347. The Kier molecular flexibility index (Phi) is 12.3. The number of ether oxygens (including phenoxy) is 1. The molecule has 202 valence electrons. The third-order valence-electron chi connectivity index (χ3n) is 6.08. The van der Waals surface area contributed by atoms with Crippen LogP contribution >= 0.6 is 0 Å². The van der Waals surface area contributed by atoms with Crippen molar-refractivity contribution in [2.75, 3.05) is 6.61 Å². The van der Waals surface area contributed by atoms with E-state index in [4.69, 9.17) is 15.6 Å². The minimum atomic E-state index is -2.44. The Labute approximate surface area is 203 Å². The number of aliphatic carboxylic acids is 1. The highest BCUT2D eigenvalue weighted by Gasteiger charge is 2.53. The number of ketones is 2. The van der Waals surface area contributed by atoms with Crippen LogP contribution in [0, 0.1) is 5.92 Å². The van der Waals surface area contributed by atoms with Gasteiger partial charge in [0.2, 0.25) is 11.7 Å². The van der Waals surface area contributed by atoms with Crippen LogP contribution in [0.25, 0.3) is 0 Å². The van der Waals surface area contributed by atoms with Gasteiger partial charge in [0.05, 0.1) is 31.0 Å². The molecule has 1 saturated heterocycles. The molecule has 13 nitrogen and oxygen atoms in total. The smallest absolute Gasteiger partial charge is 0.306 e. The fraction of sp³-hybridized carbons (Fsp3) is 0.818. The van der Waals surface area contributed by atoms with Crippen molar-refractivity contribution in [1.82, 2.24) is 5.32 Å². The fourth-order valence-corrected chi connectivity index (χ4v) is 3.70. The molecule has 0 saturated carbocycles. The van der Waals surface area contributed by atoms with Crippen molar-refractivity contribution in [3.05, 3.63) is 0 Å². The molecule has 35 heavy (non-hydrogen) atoms. The predicted octanol–water partition coefficient (Wildman–Crippen LogP) is -2.43. The van der Waals surface area contributed by atoms with E-state index in [1.807, 2.05) is 0 Å². The molecule has 0 radical (unpaired) electrons. The van der Waals surface area contributed by atoms with Gasteiger partial charge >= 0.3 is 5.97 Å². The first-order valence-electron chi connectivity index (χ1n) is 11.6. The van der Waals surface area contributed by atoms with E-state index in [1.165, 1.54) is 13.8 Å². The van der Waals surface area contributed by atoms with E-state index in [9.17, 15) is 44.7 Å². The maximum atomic E-state index is 12.2. The monoisotopic (exact) mass is 506 g/mol. The Balaban J connectivity index is 2.36. The highest BCUT2D eigenvalue weighted by Crippen LogP contribution is 2.31. The Bertz CT molecular complexity index is 747. The van der Waals surface area contributed by atoms with Crippen LogP contribution in [0.5, 0.6) is 0 Å². The van der Waals surface area contributed by atoms with E-state index in [0.29, 0.717) is 19.3 Å². The molecular formula is C22H38N2O11. The minimum Gasteiger partial charge on any atom is -0.481 e. The van der Waals surface area contributed by atoms with Crippen LogP contribution in [-0.4, -0.2) is 103 Å². The third kappa shape index (κ3) is 9.18. The summed E-state index contributed by atoms with van der Waals surface area (Å²) in [5.74, 6) is -5.85. The van der Waals surface area contributed by atoms with Gasteiger partial charge in [-0.1, -0.05) is 19.8 Å². The highest BCUT2D eigenvalue weighted by atomic mass is 16.7. The first-order valence-corrected chi connectivity index (χ1v) is 11.6. The van der Waals surface area contributed by atoms with Gasteiger partial charge in [-0.05, 0) is 19.8 Å². The standard InChI is InChI=1S/C22H38N2O11/c1-11(21(32)33)8-15(27)12(2)24-20(31)14(23)7-5-3-4-6-13(26)9-22(34)19(30)18(29)17(28)16(10-25)35-22/h11-12,14,16-19,25,28-30,34H,3-10,23H2,1-2H3,(H,24,31)(H,32,33)/t11-,12+,14+,16-,17+,18+,19-,22+/m1/s1. The number of amides is 1. The Morgan fingerprint density at radius 1 is 1.06 bits per heavy atom. The molecule has 9 N–H and O–H groups in total. The van der Waals surface area contributed by atoms with Crippen LogP contribution in [0.2, 0.25) is 0 Å². The van der Waals surface area contributed by atoms with Crippen LogP contribution in [0.3, 0.4) is 0 Å². The number of nitrogens with one attached hydrogen (secondary N) is 1. The number of aliphatic hydroxyl groups is 5. The summed E-state index contributed by atoms with van der Waals surface area (Å²) in [6.07, 6.45) is -5.92. The molecule has 0 aliphatic carbocycles. The molecule has 8 atom stereocenters. The zero-order valence-corrected chi connectivity index (χ0v) is 20.0. The number of unbranched alkanes of at least 4 members (excludes halogenated alkanes) is 2. The van der Waals surface area contributed by atoms with E-state index < -0.39 is 84.7 Å². The van der Waals surface area contributed by atoms with Gasteiger partial charge in [-0.2, -0.15) is 0 Å². The molecule has 13 heteroatoms. The number of carboxylic acid groups (broad SMARTS) is 1. The van der Waals surface area contributed by atoms with Crippen molar-refractivity contribution in [2.45, 2.75) is 101 Å². The number of hydrogen-bond acceptors (Lipinski definition) is 11. The normalized spacial score (nSPS) is 29.1. The summed E-state index contributed by atoms with van der Waals surface area (Å²) in [6.45, 7) is 2.12. The third-order valence-corrected chi connectivity index (χ3v) is 6.08. The van der Waals surface area contributed by atoms with Crippen molar-refractivity contribution in [3.63, 3.8) is 0 Å². The quantitative estimate of drug-likeness (QED) is 0.108. The lowest BCUT2D eigenvalue weighted by Crippen LogP contribution is -2.65. The van der Waals surface area contributed by atoms with Crippen LogP contribution in [0.1, 0.15) is 58.8 Å². The minimum absolute atomic E-state index is 0.00949. The summed E-state index contributed by atoms with van der Waals surface area (Å²) in [5.41, 5.74) is 5.84. The second kappa shape index (κ2) is 13.9. The molecule has 1 rings (SSSR count). The number of carbonyl (C=O) groups excluding carboxylic acids is 3. The SMILES string of the molecule is C[C@H](CC(=O)[C@H](C)NC(=O)[C@@H](N)CCCCCC(=O)C[C@]1(O)O[C@H](CO)[C@H](O)[C@H](O)[C@H]1O)C(=O)O. The van der Waals surface area contributed by atoms with Gasteiger partial charge < -0.3 is 46.4 Å². The van der Waals surface area contributed by atoms with Gasteiger partial charge in [-0.3, -0.25) is 19.2 Å². The van der Waals surface area contributed by atoms with Crippen molar-refractivity contribution in [1.29, 1.82) is 0 Å². The molecule has 1 fully saturated rings. The average Bonchev–Trinajstić information content (AvgIpc) is 2.79. The van der Waals surface area contributed by atoms with Gasteiger partial charge in [-0.15, -0.1) is 0 Å². The summed E-state index contributed by atoms with van der Waals surface area (Å²) in [4.78, 5) is 47.2. The van der Waals surface area contributed by atoms with Gasteiger partial charge in [0.1, 0.15) is 30.2 Å². The molecule has 0 spiro atoms. The highest BCUT2D eigenvalue weighted by molar-refractivity contribution is 5.92. The van der Waals surface area contributed by atoms with Crippen molar-refractivity contribution in [3.8, 4) is 0 Å². The summed E-state index contributed by atoms with van der Waals surface area (Å²) in [7, 11) is 0. The fourth-order valence-electron chi connectivity index (χ4n) is 3.70. The summed E-state index contributed by atoms with van der Waals surface area (Å²) in [5, 5.41) is 60.5. The van der Waals surface area contributed by atoms with Gasteiger partial charge in [0.15, 0.2) is 5.78 Å². The van der Waals surface area contributed by atoms with E-state index in [-0.39, 0.29) is 19.3 Å². The zero-order valence-electron chi connectivity index (χ0n) is 20.0. The summed E-state index contributed by atoms with van der Waals surface area (Å²) >= 11 is 0. The first-order chi connectivity index (χ1) is 16.2. The number of carboxylic acids is 1. The molecule has 0 aromatic rings. The zero-order chi connectivity index (χ0) is 26.9. The predicted molar refractivity (Wildman–Crippen MR) is 120 cm³/mol. The molecule has 1 aliphatic heterocycles. The van der Waals surface area contributed by atoms with Crippen molar-refractivity contribution >= 4 is 23.4 Å². The molecule has 0 unspecified atom stereocenters. The number of aliphatic hydroxyl groups excluding tert-OH is 4. The summed E-state index contributed by atoms with van der Waals surface area (Å²) < 4.78 is 5.07. The summed E-state index contributed by atoms with van der Waals surface area (Å²) in [6, 6.07) is -1.77. The lowest BCUT2D eigenvalue weighted by atomic mass is 9.89. The van der Waals surface area contributed by atoms with Crippen molar-refractivity contribution < 1.29 is 54.6 Å². The second-order valence-electron chi connectivity index (χ2n) is 9.17.